The second kappa shape index (κ2) is 9.37. The normalized spacial score (nSPS) is 15.0. The maximum atomic E-state index is 14.7. The standard InChI is InChI=1S/C25H15Cl2FN2O3/c26-15-7-4-14(5-8-15)6-11-22(31)32-16-9-10-17-21(12-16)33-25(30)18(13-29)23(17)24-19(27)2-1-3-20(24)28/h1-12,23H,30H2/b11-6+. The molecule has 0 bridgehead atoms. The molecule has 1 aliphatic rings. The Kier molecular flexibility index (Phi) is 6.36. The quantitative estimate of drug-likeness (QED) is 0.282. The van der Waals surface area contributed by atoms with E-state index in [1.165, 1.54) is 36.4 Å². The van der Waals surface area contributed by atoms with Gasteiger partial charge in [0.1, 0.15) is 29.0 Å². The van der Waals surface area contributed by atoms with Gasteiger partial charge >= 0.3 is 5.97 Å². The molecule has 0 spiro atoms. The fourth-order valence-corrected chi connectivity index (χ4v) is 3.87. The lowest BCUT2D eigenvalue weighted by Crippen LogP contribution is -2.22. The Morgan fingerprint density at radius 1 is 1.15 bits per heavy atom. The van der Waals surface area contributed by atoms with Gasteiger partial charge in [0.15, 0.2) is 0 Å². The summed E-state index contributed by atoms with van der Waals surface area (Å²) in [6, 6.07) is 17.7. The molecule has 0 amide bonds. The van der Waals surface area contributed by atoms with Crippen molar-refractivity contribution >= 4 is 35.2 Å². The van der Waals surface area contributed by atoms with Gasteiger partial charge in [-0.05, 0) is 42.0 Å². The molecule has 1 heterocycles. The number of nitrogens with two attached hydrogens (primary N) is 1. The van der Waals surface area contributed by atoms with E-state index in [9.17, 15) is 14.4 Å². The molecule has 0 aromatic heterocycles. The first-order chi connectivity index (χ1) is 15.9. The molecule has 164 valence electrons. The van der Waals surface area contributed by atoms with E-state index in [1.807, 2.05) is 6.07 Å². The first kappa shape index (κ1) is 22.4. The number of carbonyl (C=O) groups is 1. The predicted molar refractivity (Wildman–Crippen MR) is 123 cm³/mol. The molecular weight excluding hydrogens is 466 g/mol. The highest BCUT2D eigenvalue weighted by atomic mass is 35.5. The van der Waals surface area contributed by atoms with E-state index in [1.54, 1.807) is 36.4 Å². The Morgan fingerprint density at radius 3 is 2.61 bits per heavy atom. The second-order valence-corrected chi connectivity index (χ2v) is 7.91. The zero-order valence-corrected chi connectivity index (χ0v) is 18.4. The summed E-state index contributed by atoms with van der Waals surface area (Å²) in [5.74, 6) is -1.84. The zero-order chi connectivity index (χ0) is 23.5. The van der Waals surface area contributed by atoms with Gasteiger partial charge < -0.3 is 15.2 Å². The smallest absolute Gasteiger partial charge is 0.336 e. The third-order valence-electron chi connectivity index (χ3n) is 4.98. The molecule has 0 aliphatic carbocycles. The van der Waals surface area contributed by atoms with Crippen LogP contribution < -0.4 is 15.2 Å². The molecule has 1 aliphatic heterocycles. The third-order valence-corrected chi connectivity index (χ3v) is 5.56. The number of benzene rings is 3. The van der Waals surface area contributed by atoms with Crippen molar-refractivity contribution in [1.82, 2.24) is 0 Å². The average Bonchev–Trinajstić information content (AvgIpc) is 2.78. The Labute approximate surface area is 199 Å². The number of hydrogen-bond donors (Lipinski definition) is 1. The van der Waals surface area contributed by atoms with Crippen molar-refractivity contribution in [3.63, 3.8) is 0 Å². The van der Waals surface area contributed by atoms with Gasteiger partial charge in [0.05, 0.1) is 5.92 Å². The first-order valence-electron chi connectivity index (χ1n) is 9.68. The van der Waals surface area contributed by atoms with Crippen LogP contribution in [0.25, 0.3) is 6.08 Å². The van der Waals surface area contributed by atoms with Crippen LogP contribution in [0.15, 0.2) is 78.2 Å². The number of carbonyl (C=O) groups excluding carboxylic acids is 1. The number of hydrogen-bond acceptors (Lipinski definition) is 5. The Balaban J connectivity index is 1.63. The average molecular weight is 481 g/mol. The number of halogens is 3. The van der Waals surface area contributed by atoms with Crippen LogP contribution in [0.1, 0.15) is 22.6 Å². The van der Waals surface area contributed by atoms with Crippen molar-refractivity contribution < 1.29 is 18.7 Å². The van der Waals surface area contributed by atoms with Crippen LogP contribution >= 0.6 is 23.2 Å². The van der Waals surface area contributed by atoms with E-state index in [2.05, 4.69) is 0 Å². The summed E-state index contributed by atoms with van der Waals surface area (Å²) in [6.07, 6.45) is 2.86. The molecule has 0 fully saturated rings. The van der Waals surface area contributed by atoms with Gasteiger partial charge in [0.25, 0.3) is 0 Å². The van der Waals surface area contributed by atoms with E-state index >= 15 is 0 Å². The number of allylic oxidation sites excluding steroid dienone is 1. The van der Waals surface area contributed by atoms with Gasteiger partial charge in [-0.3, -0.25) is 0 Å². The van der Waals surface area contributed by atoms with Crippen LogP contribution in [0.2, 0.25) is 10.0 Å². The highest BCUT2D eigenvalue weighted by molar-refractivity contribution is 6.31. The number of fused-ring (bicyclic) bond motifs is 1. The number of nitrogens with zero attached hydrogens (tertiary/aromatic N) is 1. The molecule has 1 unspecified atom stereocenters. The van der Waals surface area contributed by atoms with Crippen molar-refractivity contribution in [1.29, 1.82) is 5.26 Å². The summed E-state index contributed by atoms with van der Waals surface area (Å²) in [5.41, 5.74) is 7.33. The molecule has 2 N–H and O–H groups in total. The van der Waals surface area contributed by atoms with Gasteiger partial charge in [-0.2, -0.15) is 5.26 Å². The Bertz CT molecular complexity index is 1320. The van der Waals surface area contributed by atoms with Gasteiger partial charge in [0, 0.05) is 33.3 Å². The molecule has 0 saturated heterocycles. The molecule has 3 aromatic carbocycles. The predicted octanol–water partition coefficient (Wildman–Crippen LogP) is 5.97. The van der Waals surface area contributed by atoms with Crippen molar-refractivity contribution in [3.8, 4) is 17.6 Å². The minimum absolute atomic E-state index is 0.0325. The van der Waals surface area contributed by atoms with Crippen molar-refractivity contribution in [2.75, 3.05) is 0 Å². The third kappa shape index (κ3) is 4.70. The maximum Gasteiger partial charge on any atom is 0.336 e. The number of nitriles is 1. The van der Waals surface area contributed by atoms with Crippen LogP contribution in [-0.4, -0.2) is 5.97 Å². The summed E-state index contributed by atoms with van der Waals surface area (Å²) < 4.78 is 25.6. The molecular formula is C25H15Cl2FN2O3. The minimum atomic E-state index is -0.873. The molecule has 8 heteroatoms. The minimum Gasteiger partial charge on any atom is -0.440 e. The monoisotopic (exact) mass is 480 g/mol. The number of esters is 1. The topological polar surface area (TPSA) is 85.3 Å². The van der Waals surface area contributed by atoms with E-state index < -0.39 is 17.7 Å². The fraction of sp³-hybridized carbons (Fsp3) is 0.0400. The summed E-state index contributed by atoms with van der Waals surface area (Å²) in [4.78, 5) is 12.2. The van der Waals surface area contributed by atoms with E-state index in [0.717, 1.165) is 5.56 Å². The van der Waals surface area contributed by atoms with E-state index in [4.69, 9.17) is 38.4 Å². The first-order valence-corrected chi connectivity index (χ1v) is 10.4. The molecule has 33 heavy (non-hydrogen) atoms. The molecule has 3 aromatic rings. The molecule has 5 nitrogen and oxygen atoms in total. The van der Waals surface area contributed by atoms with Crippen molar-refractivity contribution in [2.24, 2.45) is 5.73 Å². The van der Waals surface area contributed by atoms with Gasteiger partial charge in [-0.25, -0.2) is 9.18 Å². The Hall–Kier alpha value is -3.79. The van der Waals surface area contributed by atoms with E-state index in [-0.39, 0.29) is 33.5 Å². The van der Waals surface area contributed by atoms with E-state index in [0.29, 0.717) is 10.6 Å². The van der Waals surface area contributed by atoms with Gasteiger partial charge in [-0.1, -0.05) is 47.5 Å². The Morgan fingerprint density at radius 2 is 1.91 bits per heavy atom. The SMILES string of the molecule is N#CC1=C(N)Oc2cc(OC(=O)/C=C/c3ccc(Cl)cc3)ccc2C1c1c(F)cccc1Cl. The summed E-state index contributed by atoms with van der Waals surface area (Å²) in [7, 11) is 0. The van der Waals surface area contributed by atoms with Gasteiger partial charge in [0.2, 0.25) is 5.88 Å². The largest absolute Gasteiger partial charge is 0.440 e. The van der Waals surface area contributed by atoms with Crippen molar-refractivity contribution in [3.05, 3.63) is 111 Å². The van der Waals surface area contributed by atoms with Crippen LogP contribution in [0, 0.1) is 17.1 Å². The lowest BCUT2D eigenvalue weighted by atomic mass is 9.83. The number of rotatable bonds is 4. The maximum absolute atomic E-state index is 14.7. The highest BCUT2D eigenvalue weighted by Crippen LogP contribution is 2.46. The number of ether oxygens (including phenoxy) is 2. The summed E-state index contributed by atoms with van der Waals surface area (Å²) in [6.45, 7) is 0. The van der Waals surface area contributed by atoms with Crippen molar-refractivity contribution in [2.45, 2.75) is 5.92 Å². The molecule has 0 saturated carbocycles. The zero-order valence-electron chi connectivity index (χ0n) is 16.9. The molecule has 4 rings (SSSR count). The highest BCUT2D eigenvalue weighted by Gasteiger charge is 2.34. The molecule has 1 atom stereocenters. The van der Waals surface area contributed by atoms with Crippen LogP contribution in [0.4, 0.5) is 4.39 Å². The summed E-state index contributed by atoms with van der Waals surface area (Å²) >= 11 is 12.1. The van der Waals surface area contributed by atoms with Crippen LogP contribution in [0.3, 0.4) is 0 Å². The lowest BCUT2D eigenvalue weighted by Gasteiger charge is -2.27. The van der Waals surface area contributed by atoms with Crippen LogP contribution in [0.5, 0.6) is 11.5 Å². The second-order valence-electron chi connectivity index (χ2n) is 7.07. The molecule has 0 radical (unpaired) electrons. The summed E-state index contributed by atoms with van der Waals surface area (Å²) in [5, 5.41) is 10.4. The fourth-order valence-electron chi connectivity index (χ4n) is 3.47. The van der Waals surface area contributed by atoms with Gasteiger partial charge in [-0.15, -0.1) is 0 Å². The van der Waals surface area contributed by atoms with Crippen LogP contribution in [-0.2, 0) is 4.79 Å². The lowest BCUT2D eigenvalue weighted by molar-refractivity contribution is -0.128.